The third kappa shape index (κ3) is 10.8. The lowest BCUT2D eigenvalue weighted by Crippen LogP contribution is -2.27. The Bertz CT molecular complexity index is 898. The molecular weight excluding hydrogens is 386 g/mol. The van der Waals surface area contributed by atoms with Gasteiger partial charge in [0.1, 0.15) is 11.5 Å². The van der Waals surface area contributed by atoms with Crippen molar-refractivity contribution in [2.75, 3.05) is 7.11 Å². The summed E-state index contributed by atoms with van der Waals surface area (Å²) in [6.07, 6.45) is 9.55. The molecule has 0 saturated carbocycles. The number of aryl methyl sites for hydroxylation is 1. The zero-order valence-corrected chi connectivity index (χ0v) is 18.9. The van der Waals surface area contributed by atoms with Crippen LogP contribution in [-0.4, -0.2) is 25.3 Å². The van der Waals surface area contributed by atoms with E-state index in [2.05, 4.69) is 35.8 Å². The molecule has 0 spiro atoms. The lowest BCUT2D eigenvalue weighted by Gasteiger charge is -2.10. The lowest BCUT2D eigenvalue weighted by atomic mass is 10.1. The summed E-state index contributed by atoms with van der Waals surface area (Å²) in [5.41, 5.74) is 8.02. The number of methoxy groups -OCH3 is 1. The van der Waals surface area contributed by atoms with Gasteiger partial charge in [-0.05, 0) is 39.0 Å². The molecule has 164 valence electrons. The van der Waals surface area contributed by atoms with E-state index in [4.69, 9.17) is 15.2 Å². The van der Waals surface area contributed by atoms with E-state index in [-0.39, 0.29) is 6.04 Å². The molecule has 31 heavy (non-hydrogen) atoms. The fourth-order valence-electron chi connectivity index (χ4n) is 2.39. The van der Waals surface area contributed by atoms with Gasteiger partial charge in [-0.15, -0.1) is 5.10 Å². The highest BCUT2D eigenvalue weighted by Gasteiger charge is 2.05. The van der Waals surface area contributed by atoms with Gasteiger partial charge in [0, 0.05) is 18.2 Å². The van der Waals surface area contributed by atoms with Crippen LogP contribution >= 0.6 is 0 Å². The van der Waals surface area contributed by atoms with Gasteiger partial charge in [0.25, 0.3) is 0 Å². The first-order valence-electron chi connectivity index (χ1n) is 10.1. The summed E-state index contributed by atoms with van der Waals surface area (Å²) in [5, 5.41) is 7.98. The highest BCUT2D eigenvalue weighted by molar-refractivity contribution is 5.81. The van der Waals surface area contributed by atoms with Gasteiger partial charge in [-0.2, -0.15) is 5.10 Å². The Labute approximate surface area is 186 Å². The van der Waals surface area contributed by atoms with Crippen molar-refractivity contribution in [1.82, 2.24) is 0 Å². The Hall–Kier alpha value is -3.44. The molecule has 0 radical (unpaired) electrons. The molecule has 0 aromatic heterocycles. The molecule has 5 nitrogen and oxygen atoms in total. The van der Waals surface area contributed by atoms with Crippen LogP contribution < -0.4 is 10.5 Å². The highest BCUT2D eigenvalue weighted by atomic mass is 16.5. The molecule has 1 atom stereocenters. The molecule has 1 unspecified atom stereocenters. The number of hydrogen-bond donors (Lipinski definition) is 1. The van der Waals surface area contributed by atoms with Crippen molar-refractivity contribution in [2.24, 2.45) is 15.9 Å². The van der Waals surface area contributed by atoms with Gasteiger partial charge in [0.2, 0.25) is 5.90 Å². The van der Waals surface area contributed by atoms with Gasteiger partial charge < -0.3 is 15.2 Å². The highest BCUT2D eigenvalue weighted by Crippen LogP contribution is 2.21. The van der Waals surface area contributed by atoms with E-state index in [9.17, 15) is 0 Å². The number of nitrogens with two attached hydrogens (primary N) is 1. The normalized spacial score (nSPS) is 12.9. The first kappa shape index (κ1) is 25.6. The standard InChI is InChI=1S/C19H25N3O2.C7H8/c1-5-9-17(10-6-2)24-18-12-8-7-11-16(18)13-14-21-22-19(23-4)15(3)20;1-7-5-3-2-4-6-7/h5-12,14-15H,1,13,20H2,2-4H3;2-6H,1H3/b10-6-,17-9+,21-14+,22-19-;. The third-order valence-electron chi connectivity index (χ3n) is 3.90. The second-order valence-corrected chi connectivity index (χ2v) is 6.60. The number of hydrogen-bond acceptors (Lipinski definition) is 5. The molecular formula is C26H33N3O2. The van der Waals surface area contributed by atoms with E-state index in [0.717, 1.165) is 11.3 Å². The van der Waals surface area contributed by atoms with Crippen molar-refractivity contribution >= 4 is 12.1 Å². The minimum absolute atomic E-state index is 0.296. The fourth-order valence-corrected chi connectivity index (χ4v) is 2.39. The topological polar surface area (TPSA) is 69.2 Å². The van der Waals surface area contributed by atoms with Gasteiger partial charge in [0.15, 0.2) is 0 Å². The second-order valence-electron chi connectivity index (χ2n) is 6.60. The van der Waals surface area contributed by atoms with Crippen LogP contribution in [0.25, 0.3) is 0 Å². The minimum Gasteiger partial charge on any atom is -0.482 e. The number of rotatable bonds is 8. The molecule has 2 rings (SSSR count). The van der Waals surface area contributed by atoms with Crippen molar-refractivity contribution in [3.63, 3.8) is 0 Å². The summed E-state index contributed by atoms with van der Waals surface area (Å²) in [7, 11) is 1.52. The maximum Gasteiger partial charge on any atom is 0.225 e. The van der Waals surface area contributed by atoms with Gasteiger partial charge >= 0.3 is 0 Å². The van der Waals surface area contributed by atoms with E-state index < -0.39 is 0 Å². The molecule has 0 heterocycles. The summed E-state index contributed by atoms with van der Waals surface area (Å²) in [6.45, 7) is 9.50. The fraction of sp³-hybridized carbons (Fsp3) is 0.231. The number of allylic oxidation sites excluding steroid dienone is 4. The van der Waals surface area contributed by atoms with Gasteiger partial charge in [-0.25, -0.2) is 0 Å². The largest absolute Gasteiger partial charge is 0.482 e. The number of ether oxygens (including phenoxy) is 2. The third-order valence-corrected chi connectivity index (χ3v) is 3.90. The van der Waals surface area contributed by atoms with E-state index in [0.29, 0.717) is 18.1 Å². The summed E-state index contributed by atoms with van der Waals surface area (Å²) >= 11 is 0. The van der Waals surface area contributed by atoms with Crippen molar-refractivity contribution < 1.29 is 9.47 Å². The lowest BCUT2D eigenvalue weighted by molar-refractivity contribution is 0.382. The predicted octanol–water partition coefficient (Wildman–Crippen LogP) is 5.63. The number of para-hydroxylation sites is 1. The smallest absolute Gasteiger partial charge is 0.225 e. The average molecular weight is 420 g/mol. The summed E-state index contributed by atoms with van der Waals surface area (Å²) in [6, 6.07) is 17.7. The van der Waals surface area contributed by atoms with Crippen LogP contribution in [0.2, 0.25) is 0 Å². The molecule has 0 aliphatic heterocycles. The maximum absolute atomic E-state index is 5.92. The van der Waals surface area contributed by atoms with Crippen molar-refractivity contribution in [2.45, 2.75) is 33.2 Å². The molecule has 2 aromatic rings. The summed E-state index contributed by atoms with van der Waals surface area (Å²) in [4.78, 5) is 0. The van der Waals surface area contributed by atoms with E-state index in [1.54, 1.807) is 19.2 Å². The molecule has 0 saturated heterocycles. The molecule has 0 bridgehead atoms. The SMILES string of the molecule is C=C/C=C(\C=C/C)Oc1ccccc1C/C=N/N=C(\OC)C(C)N.Cc1ccccc1. The van der Waals surface area contributed by atoms with Gasteiger partial charge in [-0.3, -0.25) is 0 Å². The maximum atomic E-state index is 5.92. The summed E-state index contributed by atoms with van der Waals surface area (Å²) < 4.78 is 11.0. The Morgan fingerprint density at radius 3 is 2.35 bits per heavy atom. The van der Waals surface area contributed by atoms with Crippen molar-refractivity contribution in [3.05, 3.63) is 102 Å². The first-order chi connectivity index (χ1) is 15.0. The van der Waals surface area contributed by atoms with Gasteiger partial charge in [-0.1, -0.05) is 72.8 Å². The number of nitrogens with zero attached hydrogens (tertiary/aromatic N) is 2. The summed E-state index contributed by atoms with van der Waals surface area (Å²) in [5.74, 6) is 1.87. The van der Waals surface area contributed by atoms with Crippen LogP contribution in [0.3, 0.4) is 0 Å². The number of benzene rings is 2. The van der Waals surface area contributed by atoms with Crippen LogP contribution in [0, 0.1) is 6.92 Å². The zero-order chi connectivity index (χ0) is 22.9. The molecule has 0 aliphatic rings. The second kappa shape index (κ2) is 15.4. The van der Waals surface area contributed by atoms with Crippen molar-refractivity contribution in [3.8, 4) is 5.75 Å². The quantitative estimate of drug-likeness (QED) is 0.198. The molecule has 2 N–H and O–H groups in total. The molecule has 0 amide bonds. The Morgan fingerprint density at radius 1 is 1.13 bits per heavy atom. The van der Waals surface area contributed by atoms with E-state index in [1.165, 1.54) is 12.7 Å². The van der Waals surface area contributed by atoms with Crippen LogP contribution in [0.5, 0.6) is 5.75 Å². The van der Waals surface area contributed by atoms with Crippen molar-refractivity contribution in [1.29, 1.82) is 0 Å². The van der Waals surface area contributed by atoms with E-state index >= 15 is 0 Å². The van der Waals surface area contributed by atoms with Crippen LogP contribution in [-0.2, 0) is 11.2 Å². The zero-order valence-electron chi connectivity index (χ0n) is 18.9. The van der Waals surface area contributed by atoms with Gasteiger partial charge in [0.05, 0.1) is 13.2 Å². The monoisotopic (exact) mass is 419 g/mol. The molecule has 0 aliphatic carbocycles. The Balaban J connectivity index is 0.000000577. The molecule has 5 heteroatoms. The van der Waals surface area contributed by atoms with Crippen LogP contribution in [0.4, 0.5) is 0 Å². The molecule has 2 aromatic carbocycles. The minimum atomic E-state index is -0.296. The Morgan fingerprint density at radius 2 is 1.81 bits per heavy atom. The first-order valence-corrected chi connectivity index (χ1v) is 10.1. The predicted molar refractivity (Wildman–Crippen MR) is 132 cm³/mol. The average Bonchev–Trinajstić information content (AvgIpc) is 2.76. The Kier molecular flexibility index (Phi) is 12.7. The van der Waals surface area contributed by atoms with Crippen LogP contribution in [0.15, 0.2) is 101 Å². The van der Waals surface area contributed by atoms with Crippen LogP contribution in [0.1, 0.15) is 25.0 Å². The van der Waals surface area contributed by atoms with E-state index in [1.807, 2.05) is 67.6 Å². The molecule has 0 fully saturated rings.